The number of ether oxygens (including phenoxy) is 2. The number of likely N-dealkylation sites (tertiary alicyclic amines) is 1. The number of hydrogen-bond donors (Lipinski definition) is 2. The lowest BCUT2D eigenvalue weighted by Gasteiger charge is -2.62. The summed E-state index contributed by atoms with van der Waals surface area (Å²) in [6, 6.07) is 14.5. The van der Waals surface area contributed by atoms with Crippen molar-refractivity contribution >= 4 is 17.8 Å². The number of amides is 2. The predicted octanol–water partition coefficient (Wildman–Crippen LogP) is 2.84. The third-order valence-corrected chi connectivity index (χ3v) is 8.42. The van der Waals surface area contributed by atoms with Crippen LogP contribution in [0, 0.1) is 17.3 Å². The largest absolute Gasteiger partial charge is 0.497 e. The molecule has 4 unspecified atom stereocenters. The summed E-state index contributed by atoms with van der Waals surface area (Å²) in [5.41, 5.74) is 6.08. The highest BCUT2D eigenvalue weighted by Gasteiger charge is 2.62. The Morgan fingerprint density at radius 3 is 2.29 bits per heavy atom. The molecule has 1 aliphatic heterocycles. The Morgan fingerprint density at radius 1 is 1.06 bits per heavy atom. The number of nitrogens with zero attached hydrogens (tertiary/aromatic N) is 1. The Kier molecular flexibility index (Phi) is 5.69. The van der Waals surface area contributed by atoms with E-state index in [0.29, 0.717) is 35.9 Å². The van der Waals surface area contributed by atoms with Crippen LogP contribution in [0.2, 0.25) is 0 Å². The normalized spacial score (nSPS) is 28.9. The van der Waals surface area contributed by atoms with Gasteiger partial charge in [-0.05, 0) is 79.0 Å². The molecule has 1 heterocycles. The van der Waals surface area contributed by atoms with E-state index in [1.807, 2.05) is 24.3 Å². The molecule has 0 radical (unpaired) electrons. The average molecular weight is 479 g/mol. The number of rotatable bonds is 8. The second kappa shape index (κ2) is 8.59. The predicted molar refractivity (Wildman–Crippen MR) is 127 cm³/mol. The number of carbonyl (C=O) groups excluding carboxylic acids is 2. The van der Waals surface area contributed by atoms with Gasteiger partial charge in [0, 0.05) is 24.6 Å². The summed E-state index contributed by atoms with van der Waals surface area (Å²) in [6.07, 6.45) is 3.20. The van der Waals surface area contributed by atoms with E-state index < -0.39 is 11.4 Å². The van der Waals surface area contributed by atoms with Crippen LogP contribution < -0.4 is 15.2 Å². The topological polar surface area (TPSA) is 119 Å². The van der Waals surface area contributed by atoms with Crippen molar-refractivity contribution in [3.05, 3.63) is 59.7 Å². The lowest BCUT2D eigenvalue weighted by molar-refractivity contribution is -0.150. The minimum absolute atomic E-state index is 0.0222. The van der Waals surface area contributed by atoms with Gasteiger partial charge in [0.25, 0.3) is 5.91 Å². The second-order valence-electron chi connectivity index (χ2n) is 10.1. The Morgan fingerprint density at radius 2 is 1.74 bits per heavy atom. The smallest absolute Gasteiger partial charge is 0.315 e. The van der Waals surface area contributed by atoms with Crippen molar-refractivity contribution in [2.75, 3.05) is 26.8 Å². The highest BCUT2D eigenvalue weighted by molar-refractivity contribution is 5.95. The molecule has 8 heteroatoms. The summed E-state index contributed by atoms with van der Waals surface area (Å²) in [6.45, 7) is 0.417. The summed E-state index contributed by atoms with van der Waals surface area (Å²) in [5.74, 6) is 0.162. The van der Waals surface area contributed by atoms with Gasteiger partial charge in [0.05, 0.1) is 7.11 Å². The minimum Gasteiger partial charge on any atom is -0.497 e. The van der Waals surface area contributed by atoms with Gasteiger partial charge >= 0.3 is 5.97 Å². The summed E-state index contributed by atoms with van der Waals surface area (Å²) in [5, 5.41) is 10.0. The first kappa shape index (κ1) is 23.2. The standard InChI is InChI=1S/C27H30N2O6/c1-34-19-6-2-17(3-7-19)24(31)29-13-12-26(15-29,25(32)33)16-35-20-8-4-18(5-9-20)27-11-10-22(27)21(14-27)23(28)30/h2-9,21-22H,10-16H2,1H3,(H2,28,30)(H,32,33). The number of carbonyl (C=O) groups is 3. The zero-order valence-electron chi connectivity index (χ0n) is 19.7. The molecule has 2 aromatic rings. The lowest BCUT2D eigenvalue weighted by atomic mass is 9.40. The Hall–Kier alpha value is -3.55. The fourth-order valence-electron chi connectivity index (χ4n) is 6.07. The van der Waals surface area contributed by atoms with Crippen LogP contribution >= 0.6 is 0 Å². The molecule has 4 atom stereocenters. The minimum atomic E-state index is -1.17. The van der Waals surface area contributed by atoms with Crippen molar-refractivity contribution in [1.82, 2.24) is 4.90 Å². The van der Waals surface area contributed by atoms with Gasteiger partial charge < -0.3 is 25.2 Å². The van der Waals surface area contributed by atoms with E-state index in [4.69, 9.17) is 15.2 Å². The molecule has 184 valence electrons. The van der Waals surface area contributed by atoms with Crippen molar-refractivity contribution in [2.24, 2.45) is 23.0 Å². The van der Waals surface area contributed by atoms with Crippen LogP contribution in [0.5, 0.6) is 11.5 Å². The number of methoxy groups -OCH3 is 1. The molecule has 0 spiro atoms. The van der Waals surface area contributed by atoms with Crippen molar-refractivity contribution in [3.8, 4) is 11.5 Å². The zero-order valence-corrected chi connectivity index (χ0v) is 19.7. The van der Waals surface area contributed by atoms with E-state index in [-0.39, 0.29) is 36.3 Å². The van der Waals surface area contributed by atoms with Gasteiger partial charge in [-0.1, -0.05) is 12.1 Å². The Bertz CT molecular complexity index is 1150. The van der Waals surface area contributed by atoms with Crippen molar-refractivity contribution in [1.29, 1.82) is 0 Å². The fourth-order valence-corrected chi connectivity index (χ4v) is 6.07. The van der Waals surface area contributed by atoms with Crippen molar-refractivity contribution in [2.45, 2.75) is 31.1 Å². The molecule has 0 bridgehead atoms. The van der Waals surface area contributed by atoms with Crippen LogP contribution in [0.15, 0.2) is 48.5 Å². The quantitative estimate of drug-likeness (QED) is 0.602. The molecule has 3 fully saturated rings. The first-order valence-electron chi connectivity index (χ1n) is 12.0. The highest BCUT2D eigenvalue weighted by Crippen LogP contribution is 2.65. The summed E-state index contributed by atoms with van der Waals surface area (Å²) in [7, 11) is 1.56. The summed E-state index contributed by atoms with van der Waals surface area (Å²) < 4.78 is 11.1. The van der Waals surface area contributed by atoms with Crippen LogP contribution in [0.25, 0.3) is 0 Å². The Balaban J connectivity index is 1.22. The van der Waals surface area contributed by atoms with Crippen LogP contribution in [0.1, 0.15) is 41.6 Å². The third-order valence-electron chi connectivity index (χ3n) is 8.42. The van der Waals surface area contributed by atoms with Gasteiger partial charge in [-0.3, -0.25) is 14.4 Å². The number of nitrogens with two attached hydrogens (primary N) is 1. The number of benzene rings is 2. The molecule has 2 saturated carbocycles. The Labute approximate surface area is 204 Å². The van der Waals surface area contributed by atoms with Gasteiger partial charge in [-0.15, -0.1) is 0 Å². The van der Waals surface area contributed by atoms with Crippen LogP contribution in [-0.2, 0) is 15.0 Å². The van der Waals surface area contributed by atoms with E-state index in [2.05, 4.69) is 0 Å². The number of carboxylic acids is 1. The molecule has 8 nitrogen and oxygen atoms in total. The first-order chi connectivity index (χ1) is 16.8. The molecule has 0 aromatic heterocycles. The lowest BCUT2D eigenvalue weighted by Crippen LogP contribution is -2.62. The highest BCUT2D eigenvalue weighted by atomic mass is 16.5. The maximum absolute atomic E-state index is 12.9. The molecule has 2 aliphatic carbocycles. The van der Waals surface area contributed by atoms with Crippen LogP contribution in [0.3, 0.4) is 0 Å². The number of hydrogen-bond acceptors (Lipinski definition) is 5. The van der Waals surface area contributed by atoms with Gasteiger partial charge in [-0.25, -0.2) is 0 Å². The molecule has 3 aliphatic rings. The number of aliphatic carboxylic acids is 1. The third kappa shape index (κ3) is 3.81. The fraction of sp³-hybridized carbons (Fsp3) is 0.444. The van der Waals surface area contributed by atoms with Crippen molar-refractivity contribution < 1.29 is 29.0 Å². The average Bonchev–Trinajstić information content (AvgIpc) is 3.30. The molecule has 2 aromatic carbocycles. The number of carboxylic acid groups (broad SMARTS) is 1. The van der Waals surface area contributed by atoms with Gasteiger partial charge in [-0.2, -0.15) is 0 Å². The van der Waals surface area contributed by atoms with E-state index in [0.717, 1.165) is 19.3 Å². The SMILES string of the molecule is COc1ccc(C(=O)N2CCC(COc3ccc(C45CCC4C(C(N)=O)C5)cc3)(C(=O)O)C2)cc1. The second-order valence-corrected chi connectivity index (χ2v) is 10.1. The maximum Gasteiger partial charge on any atom is 0.315 e. The molecular weight excluding hydrogens is 448 g/mol. The zero-order chi connectivity index (χ0) is 24.8. The molecule has 2 amide bonds. The van der Waals surface area contributed by atoms with Gasteiger partial charge in [0.2, 0.25) is 5.91 Å². The van der Waals surface area contributed by atoms with Gasteiger partial charge in [0.1, 0.15) is 23.5 Å². The molecule has 3 N–H and O–H groups in total. The molecule has 1 saturated heterocycles. The maximum atomic E-state index is 12.9. The van der Waals surface area contributed by atoms with E-state index in [1.54, 1.807) is 36.3 Å². The molecule has 5 rings (SSSR count). The number of primary amides is 1. The van der Waals surface area contributed by atoms with Crippen molar-refractivity contribution in [3.63, 3.8) is 0 Å². The van der Waals surface area contributed by atoms with Crippen LogP contribution in [0.4, 0.5) is 0 Å². The summed E-state index contributed by atoms with van der Waals surface area (Å²) >= 11 is 0. The number of fused-ring (bicyclic) bond motifs is 1. The molecule has 35 heavy (non-hydrogen) atoms. The van der Waals surface area contributed by atoms with E-state index >= 15 is 0 Å². The van der Waals surface area contributed by atoms with Crippen LogP contribution in [-0.4, -0.2) is 54.6 Å². The first-order valence-corrected chi connectivity index (χ1v) is 12.0. The van der Waals surface area contributed by atoms with Gasteiger partial charge in [0.15, 0.2) is 0 Å². The monoisotopic (exact) mass is 478 g/mol. The summed E-state index contributed by atoms with van der Waals surface area (Å²) in [4.78, 5) is 38.3. The van der Waals surface area contributed by atoms with E-state index in [1.165, 1.54) is 5.56 Å². The van der Waals surface area contributed by atoms with E-state index in [9.17, 15) is 19.5 Å². The molecular formula is C27H30N2O6.